The Hall–Kier alpha value is -1.36. The van der Waals surface area contributed by atoms with Gasteiger partial charge in [0.2, 0.25) is 0 Å². The topological polar surface area (TPSA) is 70.1 Å². The van der Waals surface area contributed by atoms with Gasteiger partial charge >= 0.3 is 0 Å². The van der Waals surface area contributed by atoms with Crippen LogP contribution in [0.5, 0.6) is 0 Å². The van der Waals surface area contributed by atoms with Crippen molar-refractivity contribution < 1.29 is 5.11 Å². The second-order valence-electron chi connectivity index (χ2n) is 6.12. The zero-order valence-corrected chi connectivity index (χ0v) is 13.5. The van der Waals surface area contributed by atoms with Crippen LogP contribution in [0.3, 0.4) is 0 Å². The van der Waals surface area contributed by atoms with Crippen LogP contribution in [-0.4, -0.2) is 33.8 Å². The zero-order chi connectivity index (χ0) is 15.3. The normalized spacial score (nSPS) is 18.1. The van der Waals surface area contributed by atoms with Crippen LogP contribution in [0.1, 0.15) is 56.8 Å². The van der Waals surface area contributed by atoms with Gasteiger partial charge in [0.05, 0.1) is 5.60 Å². The number of hydrogen-bond acceptors (Lipinski definition) is 5. The molecule has 1 aliphatic rings. The molecule has 0 radical (unpaired) electrons. The Balaban J connectivity index is 2.08. The molecule has 1 fully saturated rings. The summed E-state index contributed by atoms with van der Waals surface area (Å²) >= 11 is 0. The monoisotopic (exact) mass is 292 g/mol. The van der Waals surface area contributed by atoms with E-state index in [0.29, 0.717) is 6.54 Å². The smallest absolute Gasteiger partial charge is 0.134 e. The minimum absolute atomic E-state index is 0.565. The van der Waals surface area contributed by atoms with Crippen LogP contribution in [0, 0.1) is 13.8 Å². The van der Waals surface area contributed by atoms with E-state index in [1.165, 1.54) is 12.8 Å². The van der Waals surface area contributed by atoms with Crippen molar-refractivity contribution in [3.63, 3.8) is 0 Å². The first-order chi connectivity index (χ1) is 10.0. The molecule has 0 atom stereocenters. The highest BCUT2D eigenvalue weighted by molar-refractivity contribution is 5.57. The van der Waals surface area contributed by atoms with Crippen LogP contribution in [0.25, 0.3) is 0 Å². The number of aliphatic hydroxyl groups is 1. The summed E-state index contributed by atoms with van der Waals surface area (Å²) in [5.74, 6) is 2.45. The summed E-state index contributed by atoms with van der Waals surface area (Å²) in [5, 5.41) is 17.3. The van der Waals surface area contributed by atoms with Crippen LogP contribution >= 0.6 is 0 Å². The molecule has 3 N–H and O–H groups in total. The number of aryl methyl sites for hydroxylation is 1. The van der Waals surface area contributed by atoms with E-state index in [2.05, 4.69) is 27.5 Å². The SMILES string of the molecule is CCNc1nc(C)nc(NCC2(O)CCCCCC2)c1C. The highest BCUT2D eigenvalue weighted by Gasteiger charge is 2.28. The molecule has 0 aliphatic heterocycles. The van der Waals surface area contributed by atoms with Crippen molar-refractivity contribution in [2.24, 2.45) is 0 Å². The molecule has 118 valence electrons. The molecule has 0 spiro atoms. The van der Waals surface area contributed by atoms with Gasteiger partial charge in [0.1, 0.15) is 17.5 Å². The summed E-state index contributed by atoms with van der Waals surface area (Å²) in [4.78, 5) is 8.91. The summed E-state index contributed by atoms with van der Waals surface area (Å²) in [5.41, 5.74) is 0.417. The Morgan fingerprint density at radius 2 is 1.57 bits per heavy atom. The third kappa shape index (κ3) is 4.30. The number of anilines is 2. The van der Waals surface area contributed by atoms with Crippen molar-refractivity contribution in [3.05, 3.63) is 11.4 Å². The highest BCUT2D eigenvalue weighted by atomic mass is 16.3. The zero-order valence-electron chi connectivity index (χ0n) is 13.5. The van der Waals surface area contributed by atoms with Gasteiger partial charge in [-0.2, -0.15) is 0 Å². The van der Waals surface area contributed by atoms with E-state index in [-0.39, 0.29) is 0 Å². The molecular formula is C16H28N4O. The fraction of sp³-hybridized carbons (Fsp3) is 0.750. The Bertz CT molecular complexity index is 468. The maximum absolute atomic E-state index is 10.7. The largest absolute Gasteiger partial charge is 0.388 e. The number of rotatable bonds is 5. The molecule has 0 unspecified atom stereocenters. The van der Waals surface area contributed by atoms with Crippen molar-refractivity contribution in [2.75, 3.05) is 23.7 Å². The average Bonchev–Trinajstić information content (AvgIpc) is 2.66. The summed E-state index contributed by atoms with van der Waals surface area (Å²) in [6.07, 6.45) is 6.45. The fourth-order valence-corrected chi connectivity index (χ4v) is 2.95. The molecule has 0 aromatic carbocycles. The maximum Gasteiger partial charge on any atom is 0.134 e. The number of nitrogens with zero attached hydrogens (tertiary/aromatic N) is 2. The van der Waals surface area contributed by atoms with Gasteiger partial charge in [0.25, 0.3) is 0 Å². The highest BCUT2D eigenvalue weighted by Crippen LogP contribution is 2.28. The standard InChI is InChI=1S/C16H28N4O/c1-4-17-14-12(2)15(20-13(3)19-14)18-11-16(21)9-7-5-6-8-10-16/h21H,4-11H2,1-3H3,(H2,17,18,19,20). The van der Waals surface area contributed by atoms with Gasteiger partial charge in [-0.25, -0.2) is 9.97 Å². The van der Waals surface area contributed by atoms with E-state index in [0.717, 1.165) is 55.3 Å². The van der Waals surface area contributed by atoms with Crippen LogP contribution in [0.15, 0.2) is 0 Å². The lowest BCUT2D eigenvalue weighted by Crippen LogP contribution is -2.36. The summed E-state index contributed by atoms with van der Waals surface area (Å²) in [7, 11) is 0. The third-order valence-electron chi connectivity index (χ3n) is 4.22. The molecule has 1 heterocycles. The first kappa shape index (κ1) is 16.0. The molecule has 1 aliphatic carbocycles. The Morgan fingerprint density at radius 3 is 2.14 bits per heavy atom. The van der Waals surface area contributed by atoms with Gasteiger partial charge < -0.3 is 15.7 Å². The lowest BCUT2D eigenvalue weighted by Gasteiger charge is -2.27. The van der Waals surface area contributed by atoms with Crippen molar-refractivity contribution >= 4 is 11.6 Å². The molecule has 0 bridgehead atoms. The van der Waals surface area contributed by atoms with Gasteiger partial charge in [-0.3, -0.25) is 0 Å². The molecule has 1 aromatic rings. The lowest BCUT2D eigenvalue weighted by molar-refractivity contribution is 0.0380. The summed E-state index contributed by atoms with van der Waals surface area (Å²) < 4.78 is 0. The van der Waals surface area contributed by atoms with Gasteiger partial charge in [0, 0.05) is 18.7 Å². The number of aromatic nitrogens is 2. The van der Waals surface area contributed by atoms with Crippen molar-refractivity contribution in [1.29, 1.82) is 0 Å². The quantitative estimate of drug-likeness (QED) is 0.728. The number of hydrogen-bond donors (Lipinski definition) is 3. The van der Waals surface area contributed by atoms with Crippen LogP contribution in [0.2, 0.25) is 0 Å². The minimum Gasteiger partial charge on any atom is -0.388 e. The third-order valence-corrected chi connectivity index (χ3v) is 4.22. The summed E-state index contributed by atoms with van der Waals surface area (Å²) in [6.45, 7) is 7.36. The first-order valence-corrected chi connectivity index (χ1v) is 8.09. The van der Waals surface area contributed by atoms with E-state index in [9.17, 15) is 5.11 Å². The minimum atomic E-state index is -0.597. The van der Waals surface area contributed by atoms with Gasteiger partial charge in [-0.1, -0.05) is 25.7 Å². The van der Waals surface area contributed by atoms with Gasteiger partial charge in [-0.05, 0) is 33.6 Å². The Morgan fingerprint density at radius 1 is 1.00 bits per heavy atom. The van der Waals surface area contributed by atoms with E-state index < -0.39 is 5.60 Å². The van der Waals surface area contributed by atoms with E-state index in [1.807, 2.05) is 13.8 Å². The second-order valence-corrected chi connectivity index (χ2v) is 6.12. The van der Waals surface area contributed by atoms with E-state index in [4.69, 9.17) is 0 Å². The number of nitrogens with one attached hydrogen (secondary N) is 2. The predicted octanol–water partition coefficient (Wildman–Crippen LogP) is 3.02. The lowest BCUT2D eigenvalue weighted by atomic mass is 9.94. The van der Waals surface area contributed by atoms with Gasteiger partial charge in [-0.15, -0.1) is 0 Å². The Kier molecular flexibility index (Phi) is 5.39. The fourth-order valence-electron chi connectivity index (χ4n) is 2.95. The predicted molar refractivity (Wildman–Crippen MR) is 86.8 cm³/mol. The van der Waals surface area contributed by atoms with Crippen molar-refractivity contribution in [1.82, 2.24) is 9.97 Å². The maximum atomic E-state index is 10.7. The molecule has 5 nitrogen and oxygen atoms in total. The van der Waals surface area contributed by atoms with E-state index >= 15 is 0 Å². The molecule has 2 rings (SSSR count). The average molecular weight is 292 g/mol. The molecule has 21 heavy (non-hydrogen) atoms. The molecule has 5 heteroatoms. The van der Waals surface area contributed by atoms with Crippen LogP contribution < -0.4 is 10.6 Å². The van der Waals surface area contributed by atoms with Crippen LogP contribution in [-0.2, 0) is 0 Å². The molecule has 0 amide bonds. The first-order valence-electron chi connectivity index (χ1n) is 8.09. The summed E-state index contributed by atoms with van der Waals surface area (Å²) in [6, 6.07) is 0. The molecule has 1 aromatic heterocycles. The van der Waals surface area contributed by atoms with Gasteiger partial charge in [0.15, 0.2) is 0 Å². The van der Waals surface area contributed by atoms with Crippen molar-refractivity contribution in [3.8, 4) is 0 Å². The molecule has 0 saturated heterocycles. The second kappa shape index (κ2) is 7.07. The molecule has 1 saturated carbocycles. The van der Waals surface area contributed by atoms with E-state index in [1.54, 1.807) is 0 Å². The Labute approximate surface area is 127 Å². The van der Waals surface area contributed by atoms with Crippen LogP contribution in [0.4, 0.5) is 11.6 Å². The molecular weight excluding hydrogens is 264 g/mol. The van der Waals surface area contributed by atoms with Crippen molar-refractivity contribution in [2.45, 2.75) is 64.9 Å².